The van der Waals surface area contributed by atoms with Gasteiger partial charge in [-0.15, -0.1) is 0 Å². The van der Waals surface area contributed by atoms with Gasteiger partial charge in [-0.1, -0.05) is 6.92 Å². The molecule has 0 unspecified atom stereocenters. The lowest BCUT2D eigenvalue weighted by atomic mass is 10.1. The van der Waals surface area contributed by atoms with E-state index in [-0.39, 0.29) is 0 Å². The predicted molar refractivity (Wildman–Crippen MR) is 49.8 cm³/mol. The quantitative estimate of drug-likeness (QED) is 0.699. The first-order chi connectivity index (χ1) is 5.79. The van der Waals surface area contributed by atoms with E-state index in [1.54, 1.807) is 0 Å². The van der Waals surface area contributed by atoms with Crippen LogP contribution in [0.4, 0.5) is 0 Å². The number of H-pyrrole nitrogens is 1. The van der Waals surface area contributed by atoms with Crippen LogP contribution in [0.5, 0.6) is 0 Å². The molecular formula is C10H16N2. The zero-order valence-corrected chi connectivity index (χ0v) is 7.56. The van der Waals surface area contributed by atoms with Gasteiger partial charge in [0, 0.05) is 25.0 Å². The van der Waals surface area contributed by atoms with Crippen LogP contribution in [0.2, 0.25) is 0 Å². The fourth-order valence-electron chi connectivity index (χ4n) is 1.37. The van der Waals surface area contributed by atoms with Gasteiger partial charge >= 0.3 is 0 Å². The summed E-state index contributed by atoms with van der Waals surface area (Å²) >= 11 is 0. The Morgan fingerprint density at radius 2 is 2.42 bits per heavy atom. The average Bonchev–Trinajstić information content (AvgIpc) is 2.61. The van der Waals surface area contributed by atoms with Gasteiger partial charge in [-0.05, 0) is 30.4 Å². The van der Waals surface area contributed by atoms with Crippen LogP contribution >= 0.6 is 0 Å². The number of hydrogen-bond donors (Lipinski definition) is 2. The Morgan fingerprint density at radius 3 is 3.00 bits per heavy atom. The van der Waals surface area contributed by atoms with Gasteiger partial charge in [0.05, 0.1) is 0 Å². The van der Waals surface area contributed by atoms with Crippen LogP contribution in [0, 0.1) is 5.41 Å². The predicted octanol–water partition coefficient (Wildman–Crippen LogP) is 1.90. The van der Waals surface area contributed by atoms with Crippen LogP contribution in [-0.2, 0) is 6.54 Å². The second kappa shape index (κ2) is 2.94. The van der Waals surface area contributed by atoms with Crippen LogP contribution in [0.15, 0.2) is 18.3 Å². The Morgan fingerprint density at radius 1 is 1.58 bits per heavy atom. The molecule has 0 radical (unpaired) electrons. The number of hydrogen-bond acceptors (Lipinski definition) is 1. The molecule has 1 aliphatic rings. The number of nitrogens with one attached hydrogen (secondary N) is 2. The molecule has 0 spiro atoms. The summed E-state index contributed by atoms with van der Waals surface area (Å²) in [6.45, 7) is 4.48. The van der Waals surface area contributed by atoms with Crippen molar-refractivity contribution in [2.24, 2.45) is 5.41 Å². The van der Waals surface area contributed by atoms with Crippen LogP contribution < -0.4 is 5.32 Å². The molecule has 0 saturated heterocycles. The van der Waals surface area contributed by atoms with E-state index in [1.165, 1.54) is 18.5 Å². The van der Waals surface area contributed by atoms with Gasteiger partial charge in [0.15, 0.2) is 0 Å². The smallest absolute Gasteiger partial charge is 0.0357 e. The van der Waals surface area contributed by atoms with Gasteiger partial charge in [-0.2, -0.15) is 0 Å². The summed E-state index contributed by atoms with van der Waals surface area (Å²) in [7, 11) is 0. The van der Waals surface area contributed by atoms with E-state index in [1.807, 2.05) is 12.3 Å². The maximum absolute atomic E-state index is 3.46. The van der Waals surface area contributed by atoms with Crippen molar-refractivity contribution in [2.45, 2.75) is 26.3 Å². The fraction of sp³-hybridized carbons (Fsp3) is 0.600. The minimum atomic E-state index is 0.618. The van der Waals surface area contributed by atoms with Crippen LogP contribution in [-0.4, -0.2) is 11.5 Å². The highest BCUT2D eigenvalue weighted by molar-refractivity contribution is 5.03. The molecule has 1 aliphatic carbocycles. The van der Waals surface area contributed by atoms with Crippen molar-refractivity contribution in [3.05, 3.63) is 24.0 Å². The maximum atomic E-state index is 3.46. The molecule has 2 heteroatoms. The van der Waals surface area contributed by atoms with Crippen molar-refractivity contribution >= 4 is 0 Å². The molecule has 0 bridgehead atoms. The summed E-state index contributed by atoms with van der Waals surface area (Å²) in [6.07, 6.45) is 4.76. The Balaban J connectivity index is 1.69. The van der Waals surface area contributed by atoms with Gasteiger partial charge in [0.25, 0.3) is 0 Å². The van der Waals surface area contributed by atoms with Gasteiger partial charge in [0.1, 0.15) is 0 Å². The summed E-state index contributed by atoms with van der Waals surface area (Å²) in [6, 6.07) is 4.15. The maximum Gasteiger partial charge on any atom is 0.0357 e. The van der Waals surface area contributed by atoms with E-state index in [9.17, 15) is 0 Å². The highest BCUT2D eigenvalue weighted by Crippen LogP contribution is 2.43. The lowest BCUT2D eigenvalue weighted by Crippen LogP contribution is -2.21. The average molecular weight is 164 g/mol. The molecule has 0 amide bonds. The molecule has 2 N–H and O–H groups in total. The third-order valence-corrected chi connectivity index (χ3v) is 2.63. The highest BCUT2D eigenvalue weighted by Gasteiger charge is 2.36. The minimum Gasteiger partial charge on any atom is -0.364 e. The third kappa shape index (κ3) is 1.89. The lowest BCUT2D eigenvalue weighted by molar-refractivity contribution is 0.497. The van der Waals surface area contributed by atoms with Crippen molar-refractivity contribution in [1.29, 1.82) is 0 Å². The first-order valence-electron chi connectivity index (χ1n) is 4.62. The molecule has 1 heterocycles. The van der Waals surface area contributed by atoms with E-state index in [0.717, 1.165) is 13.1 Å². The van der Waals surface area contributed by atoms with E-state index >= 15 is 0 Å². The molecule has 12 heavy (non-hydrogen) atoms. The fourth-order valence-corrected chi connectivity index (χ4v) is 1.37. The molecule has 1 aromatic rings. The van der Waals surface area contributed by atoms with Crippen LogP contribution in [0.1, 0.15) is 25.5 Å². The van der Waals surface area contributed by atoms with Crippen molar-refractivity contribution in [3.8, 4) is 0 Å². The number of aromatic amines is 1. The second-order valence-electron chi connectivity index (χ2n) is 4.11. The van der Waals surface area contributed by atoms with Gasteiger partial charge in [-0.25, -0.2) is 0 Å². The standard InChI is InChI=1S/C10H16N2/c1-10(4-5-10)8-11-7-9-3-2-6-12-9/h2-3,6,11-12H,4-5,7-8H2,1H3. The molecule has 1 saturated carbocycles. The molecule has 1 fully saturated rings. The lowest BCUT2D eigenvalue weighted by Gasteiger charge is -2.08. The zero-order chi connectivity index (χ0) is 8.44. The van der Waals surface area contributed by atoms with Gasteiger partial charge < -0.3 is 10.3 Å². The Bertz CT molecular complexity index is 234. The van der Waals surface area contributed by atoms with Crippen LogP contribution in [0.25, 0.3) is 0 Å². The normalized spacial score (nSPS) is 19.4. The summed E-state index contributed by atoms with van der Waals surface area (Å²) in [5.41, 5.74) is 1.89. The third-order valence-electron chi connectivity index (χ3n) is 2.63. The monoisotopic (exact) mass is 164 g/mol. The first kappa shape index (κ1) is 7.87. The Kier molecular flexibility index (Phi) is 1.93. The van der Waals surface area contributed by atoms with Crippen molar-refractivity contribution in [2.75, 3.05) is 6.54 Å². The molecule has 0 aliphatic heterocycles. The summed E-state index contributed by atoms with van der Waals surface area (Å²) in [5, 5.41) is 3.46. The molecule has 2 nitrogen and oxygen atoms in total. The summed E-state index contributed by atoms with van der Waals surface area (Å²) < 4.78 is 0. The topological polar surface area (TPSA) is 27.8 Å². The Labute approximate surface area is 73.4 Å². The van der Waals surface area contributed by atoms with Gasteiger partial charge in [-0.3, -0.25) is 0 Å². The second-order valence-corrected chi connectivity index (χ2v) is 4.11. The van der Waals surface area contributed by atoms with Crippen molar-refractivity contribution in [3.63, 3.8) is 0 Å². The number of aromatic nitrogens is 1. The van der Waals surface area contributed by atoms with E-state index in [4.69, 9.17) is 0 Å². The van der Waals surface area contributed by atoms with E-state index < -0.39 is 0 Å². The summed E-state index contributed by atoms with van der Waals surface area (Å²) in [5.74, 6) is 0. The number of rotatable bonds is 4. The van der Waals surface area contributed by atoms with E-state index in [2.05, 4.69) is 23.3 Å². The highest BCUT2D eigenvalue weighted by atomic mass is 14.9. The molecule has 66 valence electrons. The zero-order valence-electron chi connectivity index (χ0n) is 7.56. The SMILES string of the molecule is CC1(CNCc2ccc[nH]2)CC1. The first-order valence-corrected chi connectivity index (χ1v) is 4.62. The van der Waals surface area contributed by atoms with Crippen molar-refractivity contribution in [1.82, 2.24) is 10.3 Å². The molecule has 0 atom stereocenters. The van der Waals surface area contributed by atoms with Crippen LogP contribution in [0.3, 0.4) is 0 Å². The molecule has 2 rings (SSSR count). The molecular weight excluding hydrogens is 148 g/mol. The van der Waals surface area contributed by atoms with E-state index in [0.29, 0.717) is 5.41 Å². The van der Waals surface area contributed by atoms with Gasteiger partial charge in [0.2, 0.25) is 0 Å². The molecule has 0 aromatic carbocycles. The molecule has 1 aromatic heterocycles. The minimum absolute atomic E-state index is 0.618. The largest absolute Gasteiger partial charge is 0.364 e. The summed E-state index contributed by atoms with van der Waals surface area (Å²) in [4.78, 5) is 3.18. The Hall–Kier alpha value is -0.760. The van der Waals surface area contributed by atoms with Crippen molar-refractivity contribution < 1.29 is 0 Å².